The summed E-state index contributed by atoms with van der Waals surface area (Å²) >= 11 is 4.65. The van der Waals surface area contributed by atoms with Crippen LogP contribution in [0.3, 0.4) is 0 Å². The second kappa shape index (κ2) is 5.23. The highest BCUT2D eigenvalue weighted by Gasteiger charge is 2.74. The normalized spacial score (nSPS) is 15.1. The number of hydrogen-bond acceptors (Lipinski definition) is 0. The standard InChI is InChI=1S/C11H5ClF8/c12-8(13)7(6-4-2-1-3-5-6)9(14,15)10(16,17)11(18,19)20/h1-5H/b8-7-. The Morgan fingerprint density at radius 3 is 1.65 bits per heavy atom. The average molecular weight is 325 g/mol. The van der Waals surface area contributed by atoms with E-state index in [1.807, 2.05) is 0 Å². The van der Waals surface area contributed by atoms with E-state index in [1.54, 1.807) is 0 Å². The predicted octanol–water partition coefficient (Wildman–Crippen LogP) is 5.40. The van der Waals surface area contributed by atoms with E-state index in [0.717, 1.165) is 24.3 Å². The van der Waals surface area contributed by atoms with Gasteiger partial charge in [-0.05, 0) is 5.56 Å². The lowest BCUT2D eigenvalue weighted by Crippen LogP contribution is -2.52. The Labute approximate surface area is 112 Å². The maximum absolute atomic E-state index is 13.4. The maximum atomic E-state index is 13.4. The van der Waals surface area contributed by atoms with E-state index >= 15 is 0 Å². The van der Waals surface area contributed by atoms with Crippen LogP contribution in [0.15, 0.2) is 35.6 Å². The summed E-state index contributed by atoms with van der Waals surface area (Å²) in [5, 5.41) is -2.34. The average Bonchev–Trinajstić information content (AvgIpc) is 2.27. The van der Waals surface area contributed by atoms with Crippen LogP contribution in [0.2, 0.25) is 0 Å². The Morgan fingerprint density at radius 2 is 1.30 bits per heavy atom. The molecular weight excluding hydrogens is 320 g/mol. The first-order chi connectivity index (χ1) is 8.93. The fourth-order valence-electron chi connectivity index (χ4n) is 1.35. The van der Waals surface area contributed by atoms with Crippen LogP contribution >= 0.6 is 11.6 Å². The summed E-state index contributed by atoms with van der Waals surface area (Å²) in [6.45, 7) is 0. The second-order valence-corrected chi connectivity index (χ2v) is 3.98. The highest BCUT2D eigenvalue weighted by molar-refractivity contribution is 6.31. The van der Waals surface area contributed by atoms with Crippen molar-refractivity contribution in [1.82, 2.24) is 0 Å². The number of halogens is 9. The van der Waals surface area contributed by atoms with Crippen LogP contribution in [0.5, 0.6) is 0 Å². The van der Waals surface area contributed by atoms with Crippen LogP contribution in [-0.2, 0) is 0 Å². The van der Waals surface area contributed by atoms with Gasteiger partial charge in [0.25, 0.3) is 0 Å². The lowest BCUT2D eigenvalue weighted by molar-refractivity contribution is -0.339. The first-order valence-electron chi connectivity index (χ1n) is 4.86. The van der Waals surface area contributed by atoms with Crippen molar-refractivity contribution in [2.24, 2.45) is 0 Å². The number of alkyl halides is 7. The Hall–Kier alpha value is -1.31. The van der Waals surface area contributed by atoms with Crippen molar-refractivity contribution in [3.8, 4) is 0 Å². The molecule has 0 aliphatic carbocycles. The maximum Gasteiger partial charge on any atom is 0.460 e. The van der Waals surface area contributed by atoms with E-state index in [4.69, 9.17) is 0 Å². The molecule has 9 heteroatoms. The Kier molecular flexibility index (Phi) is 4.38. The zero-order chi connectivity index (χ0) is 15.8. The summed E-state index contributed by atoms with van der Waals surface area (Å²) in [5.74, 6) is -12.3. The molecule has 1 aromatic rings. The van der Waals surface area contributed by atoms with Gasteiger partial charge in [0.15, 0.2) is 5.29 Å². The van der Waals surface area contributed by atoms with Gasteiger partial charge < -0.3 is 0 Å². The smallest absolute Gasteiger partial charge is 0.194 e. The Bertz CT molecular complexity index is 499. The molecule has 0 aliphatic rings. The fourth-order valence-corrected chi connectivity index (χ4v) is 1.58. The minimum Gasteiger partial charge on any atom is -0.194 e. The predicted molar refractivity (Wildman–Crippen MR) is 56.3 cm³/mol. The third kappa shape index (κ3) is 2.74. The largest absolute Gasteiger partial charge is 0.460 e. The zero-order valence-corrected chi connectivity index (χ0v) is 10.0. The fraction of sp³-hybridized carbons (Fsp3) is 0.273. The minimum absolute atomic E-state index is 0.734. The van der Waals surface area contributed by atoms with Crippen molar-refractivity contribution in [3.05, 3.63) is 41.2 Å². The molecule has 0 nitrogen and oxygen atoms in total. The van der Waals surface area contributed by atoms with Gasteiger partial charge in [0.05, 0.1) is 5.57 Å². The summed E-state index contributed by atoms with van der Waals surface area (Å²) in [5.41, 5.74) is -3.10. The molecule has 0 saturated carbocycles. The Balaban J connectivity index is 3.48. The van der Waals surface area contributed by atoms with Crippen molar-refractivity contribution in [3.63, 3.8) is 0 Å². The van der Waals surface area contributed by atoms with E-state index in [-0.39, 0.29) is 0 Å². The Morgan fingerprint density at radius 1 is 0.850 bits per heavy atom. The van der Waals surface area contributed by atoms with Crippen LogP contribution in [0.4, 0.5) is 35.1 Å². The van der Waals surface area contributed by atoms with Gasteiger partial charge in [-0.2, -0.15) is 35.1 Å². The van der Waals surface area contributed by atoms with Crippen molar-refractivity contribution < 1.29 is 35.1 Å². The molecule has 0 aliphatic heterocycles. The quantitative estimate of drug-likeness (QED) is 0.653. The van der Waals surface area contributed by atoms with Crippen molar-refractivity contribution in [1.29, 1.82) is 0 Å². The highest BCUT2D eigenvalue weighted by Crippen LogP contribution is 2.53. The summed E-state index contributed by atoms with van der Waals surface area (Å²) in [4.78, 5) is 0. The molecule has 0 spiro atoms. The number of allylic oxidation sites excluding steroid dienone is 1. The SMILES string of the molecule is F/C(Cl)=C(/c1ccccc1)C(F)(F)C(F)(F)C(F)(F)F. The molecule has 1 aromatic carbocycles. The van der Waals surface area contributed by atoms with Crippen molar-refractivity contribution >= 4 is 17.2 Å². The van der Waals surface area contributed by atoms with E-state index in [1.165, 1.54) is 6.07 Å². The molecular formula is C11H5ClF8. The lowest BCUT2D eigenvalue weighted by atomic mass is 9.96. The van der Waals surface area contributed by atoms with E-state index in [0.29, 0.717) is 0 Å². The first-order valence-corrected chi connectivity index (χ1v) is 5.24. The monoisotopic (exact) mass is 324 g/mol. The molecule has 0 unspecified atom stereocenters. The summed E-state index contributed by atoms with van der Waals surface area (Å²) in [6, 6.07) is 4.84. The van der Waals surface area contributed by atoms with Gasteiger partial charge in [0, 0.05) is 0 Å². The van der Waals surface area contributed by atoms with Gasteiger partial charge in [-0.1, -0.05) is 41.9 Å². The van der Waals surface area contributed by atoms with Crippen LogP contribution in [0, 0.1) is 0 Å². The molecule has 1 rings (SSSR count). The molecule has 0 bridgehead atoms. The van der Waals surface area contributed by atoms with Crippen LogP contribution in [0.25, 0.3) is 5.57 Å². The molecule has 0 amide bonds. The minimum atomic E-state index is -6.57. The molecule has 0 fully saturated rings. The molecule has 0 atom stereocenters. The molecule has 0 aromatic heterocycles. The third-order valence-electron chi connectivity index (χ3n) is 2.32. The summed E-state index contributed by atoms with van der Waals surface area (Å²) in [7, 11) is 0. The molecule has 112 valence electrons. The van der Waals surface area contributed by atoms with E-state index in [2.05, 4.69) is 11.6 Å². The topological polar surface area (TPSA) is 0 Å². The van der Waals surface area contributed by atoms with Gasteiger partial charge in [-0.25, -0.2) is 0 Å². The van der Waals surface area contributed by atoms with Crippen LogP contribution in [-0.4, -0.2) is 18.0 Å². The van der Waals surface area contributed by atoms with Gasteiger partial charge in [0.1, 0.15) is 0 Å². The zero-order valence-electron chi connectivity index (χ0n) is 9.29. The molecule has 0 radical (unpaired) electrons. The van der Waals surface area contributed by atoms with E-state index < -0.39 is 34.4 Å². The molecule has 20 heavy (non-hydrogen) atoms. The van der Waals surface area contributed by atoms with E-state index in [9.17, 15) is 35.1 Å². The highest BCUT2D eigenvalue weighted by atomic mass is 35.5. The van der Waals surface area contributed by atoms with Gasteiger partial charge in [0.2, 0.25) is 0 Å². The van der Waals surface area contributed by atoms with Crippen LogP contribution < -0.4 is 0 Å². The number of benzene rings is 1. The van der Waals surface area contributed by atoms with Gasteiger partial charge in [-0.3, -0.25) is 0 Å². The second-order valence-electron chi connectivity index (χ2n) is 3.65. The van der Waals surface area contributed by atoms with Crippen LogP contribution in [0.1, 0.15) is 5.56 Å². The lowest BCUT2D eigenvalue weighted by Gasteiger charge is -2.29. The van der Waals surface area contributed by atoms with Crippen molar-refractivity contribution in [2.75, 3.05) is 0 Å². The number of rotatable bonds is 3. The van der Waals surface area contributed by atoms with Crippen molar-refractivity contribution in [2.45, 2.75) is 18.0 Å². The molecule has 0 heterocycles. The summed E-state index contributed by atoms with van der Waals surface area (Å²) < 4.78 is 102. The van der Waals surface area contributed by atoms with Gasteiger partial charge in [-0.15, -0.1) is 0 Å². The molecule has 0 saturated heterocycles. The third-order valence-corrected chi connectivity index (χ3v) is 2.50. The summed E-state index contributed by atoms with van der Waals surface area (Å²) in [6.07, 6.45) is -6.57. The number of hydrogen-bond donors (Lipinski definition) is 0. The first kappa shape index (κ1) is 16.7. The molecule has 0 N–H and O–H groups in total. The van der Waals surface area contributed by atoms with Gasteiger partial charge >= 0.3 is 18.0 Å².